The van der Waals surface area contributed by atoms with Gasteiger partial charge in [-0.1, -0.05) is 12.1 Å². The Balaban J connectivity index is 2.08. The van der Waals surface area contributed by atoms with Crippen LogP contribution < -0.4 is 16.4 Å². The van der Waals surface area contributed by atoms with E-state index in [1.54, 1.807) is 48.1 Å². The van der Waals surface area contributed by atoms with Gasteiger partial charge in [-0.2, -0.15) is 0 Å². The van der Waals surface area contributed by atoms with Gasteiger partial charge in [-0.25, -0.2) is 4.79 Å². The first-order valence-electron chi connectivity index (χ1n) is 7.42. The van der Waals surface area contributed by atoms with Gasteiger partial charge in [0.25, 0.3) is 5.91 Å². The number of primary amides is 1. The highest BCUT2D eigenvalue weighted by atomic mass is 16.2. The van der Waals surface area contributed by atoms with Gasteiger partial charge < -0.3 is 20.9 Å². The molecule has 2 aromatic rings. The summed E-state index contributed by atoms with van der Waals surface area (Å²) in [5.41, 5.74) is 7.43. The van der Waals surface area contributed by atoms with E-state index in [4.69, 9.17) is 5.73 Å². The Morgan fingerprint density at radius 1 is 1.17 bits per heavy atom. The fourth-order valence-corrected chi connectivity index (χ4v) is 2.33. The first kappa shape index (κ1) is 17.3. The maximum atomic E-state index is 12.4. The number of hydrogen-bond acceptors (Lipinski definition) is 3. The normalized spacial score (nSPS) is 11.6. The van der Waals surface area contributed by atoms with Gasteiger partial charge in [-0.3, -0.25) is 9.59 Å². The van der Waals surface area contributed by atoms with Crippen LogP contribution in [0.15, 0.2) is 36.5 Å². The first-order chi connectivity index (χ1) is 11.3. The average molecular weight is 328 g/mol. The summed E-state index contributed by atoms with van der Waals surface area (Å²) in [5, 5.41) is 5.36. The molecule has 7 heteroatoms. The van der Waals surface area contributed by atoms with Crippen LogP contribution in [0.2, 0.25) is 0 Å². The number of anilines is 1. The Morgan fingerprint density at radius 2 is 1.79 bits per heavy atom. The quantitative estimate of drug-likeness (QED) is 0.732. The van der Waals surface area contributed by atoms with E-state index < -0.39 is 6.03 Å². The molecule has 0 aliphatic carbocycles. The van der Waals surface area contributed by atoms with Crippen molar-refractivity contribution in [3.05, 3.63) is 53.3 Å². The number of benzene rings is 1. The molecule has 0 fully saturated rings. The molecule has 7 nitrogen and oxygen atoms in total. The molecule has 0 radical (unpaired) electrons. The van der Waals surface area contributed by atoms with Crippen molar-refractivity contribution in [2.24, 2.45) is 12.8 Å². The molecule has 1 atom stereocenters. The van der Waals surface area contributed by atoms with Crippen LogP contribution in [0.1, 0.15) is 46.3 Å². The third kappa shape index (κ3) is 4.01. The number of urea groups is 1. The number of nitrogens with one attached hydrogen (secondary N) is 2. The molecule has 3 amide bonds. The SMILES string of the molecule is CC(=O)c1cc(C(=O)N[C@@H](C)c2ccc(NC(N)=O)cc2)n(C)c1. The van der Waals surface area contributed by atoms with E-state index in [-0.39, 0.29) is 17.7 Å². The third-order valence-electron chi connectivity index (χ3n) is 3.67. The molecule has 126 valence electrons. The molecule has 0 saturated carbocycles. The van der Waals surface area contributed by atoms with E-state index in [0.29, 0.717) is 16.9 Å². The van der Waals surface area contributed by atoms with Gasteiger partial charge in [0, 0.05) is 24.5 Å². The van der Waals surface area contributed by atoms with Gasteiger partial charge >= 0.3 is 6.03 Å². The summed E-state index contributed by atoms with van der Waals surface area (Å²) in [7, 11) is 1.72. The maximum absolute atomic E-state index is 12.4. The number of carbonyl (C=O) groups excluding carboxylic acids is 3. The Kier molecular flexibility index (Phi) is 5.03. The third-order valence-corrected chi connectivity index (χ3v) is 3.67. The fraction of sp³-hybridized carbons (Fsp3) is 0.235. The molecule has 1 aromatic carbocycles. The molecule has 24 heavy (non-hydrogen) atoms. The lowest BCUT2D eigenvalue weighted by atomic mass is 10.1. The Morgan fingerprint density at radius 3 is 2.29 bits per heavy atom. The fourth-order valence-electron chi connectivity index (χ4n) is 2.33. The van der Waals surface area contributed by atoms with Crippen molar-refractivity contribution in [3.63, 3.8) is 0 Å². The number of amides is 3. The smallest absolute Gasteiger partial charge is 0.316 e. The molecule has 1 aromatic heterocycles. The Hall–Kier alpha value is -3.09. The standard InChI is InChI=1S/C17H20N4O3/c1-10(12-4-6-14(7-5-12)20-17(18)24)19-16(23)15-8-13(11(2)22)9-21(15)3/h4-10H,1-3H3,(H,19,23)(H3,18,20,24)/t10-/m0/s1. The van der Waals surface area contributed by atoms with Crippen LogP contribution in [0.3, 0.4) is 0 Å². The summed E-state index contributed by atoms with van der Waals surface area (Å²) in [6.45, 7) is 3.31. The van der Waals surface area contributed by atoms with Crippen molar-refractivity contribution in [1.82, 2.24) is 9.88 Å². The summed E-state index contributed by atoms with van der Waals surface area (Å²) in [5.74, 6) is -0.355. The lowest BCUT2D eigenvalue weighted by Gasteiger charge is -2.15. The van der Waals surface area contributed by atoms with Gasteiger partial charge in [0.05, 0.1) is 6.04 Å². The van der Waals surface area contributed by atoms with Crippen LogP contribution in [0.4, 0.5) is 10.5 Å². The first-order valence-corrected chi connectivity index (χ1v) is 7.42. The second-order valence-electron chi connectivity index (χ2n) is 5.59. The second kappa shape index (κ2) is 6.99. The largest absolute Gasteiger partial charge is 0.351 e. The average Bonchev–Trinajstić information content (AvgIpc) is 2.89. The van der Waals surface area contributed by atoms with Crippen molar-refractivity contribution in [2.45, 2.75) is 19.9 Å². The second-order valence-corrected chi connectivity index (χ2v) is 5.59. The molecule has 0 saturated heterocycles. The summed E-state index contributed by atoms with van der Waals surface area (Å²) in [6, 6.07) is 7.71. The minimum Gasteiger partial charge on any atom is -0.351 e. The highest BCUT2D eigenvalue weighted by molar-refractivity contribution is 5.99. The lowest BCUT2D eigenvalue weighted by Crippen LogP contribution is -2.28. The summed E-state index contributed by atoms with van der Waals surface area (Å²) < 4.78 is 1.62. The van der Waals surface area contributed by atoms with Crippen molar-refractivity contribution in [1.29, 1.82) is 0 Å². The van der Waals surface area contributed by atoms with Crippen LogP contribution in [0.25, 0.3) is 0 Å². The van der Waals surface area contributed by atoms with Crippen molar-refractivity contribution >= 4 is 23.4 Å². The van der Waals surface area contributed by atoms with E-state index in [9.17, 15) is 14.4 Å². The zero-order valence-electron chi connectivity index (χ0n) is 13.8. The molecular formula is C17H20N4O3. The molecule has 4 N–H and O–H groups in total. The zero-order valence-corrected chi connectivity index (χ0v) is 13.8. The van der Waals surface area contributed by atoms with Crippen molar-refractivity contribution in [3.8, 4) is 0 Å². The molecule has 0 aliphatic heterocycles. The number of Topliss-reactive ketones (excluding diaryl/α,β-unsaturated/α-hetero) is 1. The summed E-state index contributed by atoms with van der Waals surface area (Å²) in [4.78, 5) is 34.6. The van der Waals surface area contributed by atoms with Crippen LogP contribution in [0.5, 0.6) is 0 Å². The Labute approximate surface area is 139 Å². The summed E-state index contributed by atoms with van der Waals surface area (Å²) >= 11 is 0. The number of carbonyl (C=O) groups is 3. The number of nitrogens with zero attached hydrogens (tertiary/aromatic N) is 1. The number of rotatable bonds is 5. The monoisotopic (exact) mass is 328 g/mol. The van der Waals surface area contributed by atoms with Crippen molar-refractivity contribution in [2.75, 3.05) is 5.32 Å². The van der Waals surface area contributed by atoms with Crippen LogP contribution in [0, 0.1) is 0 Å². The molecule has 0 unspecified atom stereocenters. The Bertz CT molecular complexity index is 778. The highest BCUT2D eigenvalue weighted by Gasteiger charge is 2.16. The number of aryl methyl sites for hydroxylation is 1. The van der Waals surface area contributed by atoms with Crippen molar-refractivity contribution < 1.29 is 14.4 Å². The van der Waals surface area contributed by atoms with Gasteiger partial charge in [-0.05, 0) is 37.6 Å². The van der Waals surface area contributed by atoms with E-state index in [2.05, 4.69) is 10.6 Å². The van der Waals surface area contributed by atoms with Crippen LogP contribution in [-0.4, -0.2) is 22.3 Å². The van der Waals surface area contributed by atoms with E-state index >= 15 is 0 Å². The van der Waals surface area contributed by atoms with Crippen LogP contribution in [-0.2, 0) is 7.05 Å². The molecule has 0 aliphatic rings. The van der Waals surface area contributed by atoms with E-state index in [0.717, 1.165) is 5.56 Å². The highest BCUT2D eigenvalue weighted by Crippen LogP contribution is 2.17. The lowest BCUT2D eigenvalue weighted by molar-refractivity contribution is 0.0931. The minimum absolute atomic E-state index is 0.0877. The predicted molar refractivity (Wildman–Crippen MR) is 90.9 cm³/mol. The molecule has 0 bridgehead atoms. The number of nitrogens with two attached hydrogens (primary N) is 1. The molecular weight excluding hydrogens is 308 g/mol. The van der Waals surface area contributed by atoms with E-state index in [1.165, 1.54) is 6.92 Å². The van der Waals surface area contributed by atoms with Gasteiger partial charge in [-0.15, -0.1) is 0 Å². The van der Waals surface area contributed by atoms with Crippen LogP contribution >= 0.6 is 0 Å². The summed E-state index contributed by atoms with van der Waals surface area (Å²) in [6.07, 6.45) is 1.63. The minimum atomic E-state index is -0.630. The number of hydrogen-bond donors (Lipinski definition) is 3. The molecule has 2 rings (SSSR count). The molecule has 1 heterocycles. The predicted octanol–water partition coefficient (Wildman–Crippen LogP) is 2.21. The number of ketones is 1. The zero-order chi connectivity index (χ0) is 17.9. The van der Waals surface area contributed by atoms with Gasteiger partial charge in [0.15, 0.2) is 5.78 Å². The topological polar surface area (TPSA) is 106 Å². The molecule has 0 spiro atoms. The number of aromatic nitrogens is 1. The maximum Gasteiger partial charge on any atom is 0.316 e. The van der Waals surface area contributed by atoms with Gasteiger partial charge in [0.2, 0.25) is 0 Å². The van der Waals surface area contributed by atoms with Gasteiger partial charge in [0.1, 0.15) is 5.69 Å². The van der Waals surface area contributed by atoms with E-state index in [1.807, 2.05) is 6.92 Å².